The number of ether oxygens (including phenoxy) is 2. The first-order chi connectivity index (χ1) is 11.5. The molecule has 1 amide bonds. The summed E-state index contributed by atoms with van der Waals surface area (Å²) >= 11 is 0. The lowest BCUT2D eigenvalue weighted by atomic mass is 10.0. The second-order valence-electron chi connectivity index (χ2n) is 6.30. The van der Waals surface area contributed by atoms with E-state index < -0.39 is 0 Å². The number of aryl methyl sites for hydroxylation is 1. The third-order valence-electron chi connectivity index (χ3n) is 4.56. The summed E-state index contributed by atoms with van der Waals surface area (Å²) in [5.41, 5.74) is 0.877. The van der Waals surface area contributed by atoms with Crippen molar-refractivity contribution in [1.82, 2.24) is 14.9 Å². The highest BCUT2D eigenvalue weighted by Crippen LogP contribution is 2.39. The summed E-state index contributed by atoms with van der Waals surface area (Å²) in [6, 6.07) is 5.26. The van der Waals surface area contributed by atoms with Crippen molar-refractivity contribution in [3.05, 3.63) is 42.0 Å². The average molecular weight is 329 g/mol. The van der Waals surface area contributed by atoms with E-state index in [2.05, 4.69) is 17.2 Å². The third kappa shape index (κ3) is 3.22. The fourth-order valence-electron chi connectivity index (χ4n) is 2.89. The van der Waals surface area contributed by atoms with Crippen molar-refractivity contribution in [2.75, 3.05) is 14.2 Å². The van der Waals surface area contributed by atoms with Gasteiger partial charge in [-0.05, 0) is 30.0 Å². The number of amides is 1. The minimum absolute atomic E-state index is 0.0669. The highest BCUT2D eigenvalue weighted by molar-refractivity contribution is 5.82. The fraction of sp³-hybridized carbons (Fsp3) is 0.444. The van der Waals surface area contributed by atoms with Crippen molar-refractivity contribution in [3.63, 3.8) is 0 Å². The van der Waals surface area contributed by atoms with E-state index in [1.165, 1.54) is 0 Å². The van der Waals surface area contributed by atoms with Crippen molar-refractivity contribution in [3.8, 4) is 11.5 Å². The quantitative estimate of drug-likeness (QED) is 0.883. The predicted molar refractivity (Wildman–Crippen MR) is 90.0 cm³/mol. The second-order valence-corrected chi connectivity index (χ2v) is 6.30. The first kappa shape index (κ1) is 16.4. The number of nitrogens with zero attached hydrogens (tertiary/aromatic N) is 2. The van der Waals surface area contributed by atoms with Gasteiger partial charge in [-0.25, -0.2) is 4.98 Å². The number of carbonyl (C=O) groups is 1. The summed E-state index contributed by atoms with van der Waals surface area (Å²) in [5.74, 6) is 2.74. The molecule has 128 valence electrons. The number of imidazole rings is 1. The molecule has 0 radical (unpaired) electrons. The zero-order valence-electron chi connectivity index (χ0n) is 14.4. The number of hydrogen-bond donors (Lipinski definition) is 1. The van der Waals surface area contributed by atoms with Crippen LogP contribution in [0.1, 0.15) is 30.8 Å². The Kier molecular flexibility index (Phi) is 4.46. The first-order valence-corrected chi connectivity index (χ1v) is 8.04. The molecule has 0 saturated heterocycles. The van der Waals surface area contributed by atoms with Gasteiger partial charge >= 0.3 is 0 Å². The molecule has 1 aliphatic rings. The molecular formula is C18H23N3O3. The Labute approximate surface area is 141 Å². The highest BCUT2D eigenvalue weighted by atomic mass is 16.5. The summed E-state index contributed by atoms with van der Waals surface area (Å²) in [5, 5.41) is 3.14. The molecule has 3 unspecified atom stereocenters. The van der Waals surface area contributed by atoms with Crippen LogP contribution in [0.4, 0.5) is 0 Å². The van der Waals surface area contributed by atoms with Gasteiger partial charge in [0.1, 0.15) is 23.4 Å². The molecule has 1 aromatic carbocycles. The molecule has 1 saturated carbocycles. The van der Waals surface area contributed by atoms with Gasteiger partial charge in [0.15, 0.2) is 0 Å². The monoisotopic (exact) mass is 329 g/mol. The van der Waals surface area contributed by atoms with Crippen LogP contribution in [-0.4, -0.2) is 29.7 Å². The second kappa shape index (κ2) is 6.55. The van der Waals surface area contributed by atoms with Crippen LogP contribution in [0.5, 0.6) is 11.5 Å². The zero-order valence-corrected chi connectivity index (χ0v) is 14.4. The molecule has 0 bridgehead atoms. The number of rotatable bonds is 6. The normalized spacial score (nSPS) is 20.3. The topological polar surface area (TPSA) is 65.4 Å². The van der Waals surface area contributed by atoms with Gasteiger partial charge in [-0.15, -0.1) is 0 Å². The number of methoxy groups -OCH3 is 2. The van der Waals surface area contributed by atoms with Crippen LogP contribution >= 0.6 is 0 Å². The maximum atomic E-state index is 12.5. The van der Waals surface area contributed by atoms with E-state index in [-0.39, 0.29) is 17.9 Å². The average Bonchev–Trinajstić information content (AvgIpc) is 3.18. The van der Waals surface area contributed by atoms with Crippen LogP contribution in [0.2, 0.25) is 0 Å². The summed E-state index contributed by atoms with van der Waals surface area (Å²) in [4.78, 5) is 16.9. The number of carbonyl (C=O) groups excluding carboxylic acids is 1. The maximum absolute atomic E-state index is 12.5. The molecule has 1 N–H and O–H groups in total. The Bertz CT molecular complexity index is 719. The number of nitrogens with one attached hydrogen (secondary N) is 1. The van der Waals surface area contributed by atoms with Crippen molar-refractivity contribution in [1.29, 1.82) is 0 Å². The Morgan fingerprint density at radius 3 is 2.38 bits per heavy atom. The van der Waals surface area contributed by atoms with Gasteiger partial charge in [0, 0.05) is 31.4 Å². The Hall–Kier alpha value is -2.50. The van der Waals surface area contributed by atoms with Crippen LogP contribution in [0.25, 0.3) is 0 Å². The molecule has 2 aromatic rings. The van der Waals surface area contributed by atoms with Gasteiger partial charge in [-0.1, -0.05) is 6.92 Å². The SMILES string of the molecule is COc1cc(OC)cc(C(NC(=O)C2CC2C)c2nccn2C)c1. The molecule has 24 heavy (non-hydrogen) atoms. The molecular weight excluding hydrogens is 306 g/mol. The highest BCUT2D eigenvalue weighted by Gasteiger charge is 2.40. The van der Waals surface area contributed by atoms with E-state index in [9.17, 15) is 4.79 Å². The van der Waals surface area contributed by atoms with Crippen molar-refractivity contribution in [2.24, 2.45) is 18.9 Å². The standard InChI is InChI=1S/C18H23N3O3/c1-11-7-15(11)18(22)20-16(17-19-5-6-21(17)2)12-8-13(23-3)10-14(9-12)24-4/h5-6,8-11,15-16H,7H2,1-4H3,(H,20,22). The summed E-state index contributed by atoms with van der Waals surface area (Å²) in [6.45, 7) is 2.09. The molecule has 1 fully saturated rings. The van der Waals surface area contributed by atoms with Crippen molar-refractivity contribution < 1.29 is 14.3 Å². The minimum atomic E-state index is -0.353. The fourth-order valence-corrected chi connectivity index (χ4v) is 2.89. The number of aromatic nitrogens is 2. The molecule has 3 atom stereocenters. The number of hydrogen-bond acceptors (Lipinski definition) is 4. The van der Waals surface area contributed by atoms with Crippen molar-refractivity contribution in [2.45, 2.75) is 19.4 Å². The van der Waals surface area contributed by atoms with Gasteiger partial charge in [0.2, 0.25) is 5.91 Å². The molecule has 3 rings (SSSR count). The third-order valence-corrected chi connectivity index (χ3v) is 4.56. The van der Waals surface area contributed by atoms with E-state index >= 15 is 0 Å². The molecule has 1 aromatic heterocycles. The van der Waals surface area contributed by atoms with Gasteiger partial charge in [-0.3, -0.25) is 4.79 Å². The van der Waals surface area contributed by atoms with E-state index in [1.54, 1.807) is 20.4 Å². The molecule has 6 nitrogen and oxygen atoms in total. The molecule has 1 aliphatic carbocycles. The predicted octanol–water partition coefficient (Wildman–Crippen LogP) is 2.30. The van der Waals surface area contributed by atoms with Gasteiger partial charge < -0.3 is 19.4 Å². The lowest BCUT2D eigenvalue weighted by molar-refractivity contribution is -0.123. The van der Waals surface area contributed by atoms with Gasteiger partial charge in [0.25, 0.3) is 0 Å². The van der Waals surface area contributed by atoms with Crippen LogP contribution in [0.15, 0.2) is 30.6 Å². The molecule has 1 heterocycles. The largest absolute Gasteiger partial charge is 0.497 e. The lowest BCUT2D eigenvalue weighted by Crippen LogP contribution is -2.32. The number of benzene rings is 1. The van der Waals surface area contributed by atoms with E-state index in [1.807, 2.05) is 36.0 Å². The summed E-state index contributed by atoms with van der Waals surface area (Å²) in [7, 11) is 5.14. The molecule has 6 heteroatoms. The van der Waals surface area contributed by atoms with Crippen LogP contribution < -0.4 is 14.8 Å². The van der Waals surface area contributed by atoms with Crippen LogP contribution in [0.3, 0.4) is 0 Å². The lowest BCUT2D eigenvalue weighted by Gasteiger charge is -2.20. The summed E-state index contributed by atoms with van der Waals surface area (Å²) < 4.78 is 12.6. The maximum Gasteiger partial charge on any atom is 0.224 e. The first-order valence-electron chi connectivity index (χ1n) is 8.04. The molecule has 0 aliphatic heterocycles. The molecule has 0 spiro atoms. The van der Waals surface area contributed by atoms with Gasteiger partial charge in [0.05, 0.1) is 14.2 Å². The Morgan fingerprint density at radius 2 is 1.92 bits per heavy atom. The van der Waals surface area contributed by atoms with E-state index in [4.69, 9.17) is 9.47 Å². The van der Waals surface area contributed by atoms with Crippen LogP contribution in [-0.2, 0) is 11.8 Å². The Morgan fingerprint density at radius 1 is 1.29 bits per heavy atom. The van der Waals surface area contributed by atoms with Gasteiger partial charge in [-0.2, -0.15) is 0 Å². The zero-order chi connectivity index (χ0) is 17.3. The minimum Gasteiger partial charge on any atom is -0.497 e. The summed E-state index contributed by atoms with van der Waals surface area (Å²) in [6.07, 6.45) is 4.54. The van der Waals surface area contributed by atoms with E-state index in [0.29, 0.717) is 17.4 Å². The Balaban J connectivity index is 1.98. The van der Waals surface area contributed by atoms with Crippen LogP contribution in [0, 0.1) is 11.8 Å². The van der Waals surface area contributed by atoms with E-state index in [0.717, 1.165) is 17.8 Å². The van der Waals surface area contributed by atoms with Crippen molar-refractivity contribution >= 4 is 5.91 Å². The smallest absolute Gasteiger partial charge is 0.224 e.